The number of tetrazole rings is 1. The largest absolute Gasteiger partial charge is 0.225 e. The minimum Gasteiger partial charge on any atom is -0.225 e. The number of hydrogen-bond acceptors (Lipinski definition) is 6. The van der Waals surface area contributed by atoms with Crippen LogP contribution in [0.15, 0.2) is 30.6 Å². The van der Waals surface area contributed by atoms with Crippen LogP contribution in [0, 0.1) is 13.8 Å². The van der Waals surface area contributed by atoms with E-state index >= 15 is 0 Å². The van der Waals surface area contributed by atoms with E-state index in [4.69, 9.17) is 11.6 Å². The van der Waals surface area contributed by atoms with Crippen molar-refractivity contribution in [2.45, 2.75) is 13.8 Å². The number of aryl methyl sites for hydroxylation is 2. The quantitative estimate of drug-likeness (QED) is 0.556. The molecule has 4 aromatic rings. The fraction of sp³-hybridized carbons (Fsp3) is 0.133. The number of fused-ring (bicyclic) bond motifs is 1. The van der Waals surface area contributed by atoms with E-state index in [0.29, 0.717) is 16.7 Å². The van der Waals surface area contributed by atoms with Crippen LogP contribution in [0.25, 0.3) is 27.4 Å². The predicted octanol–water partition coefficient (Wildman–Crippen LogP) is 3.60. The Hall–Kier alpha value is -2.38. The zero-order chi connectivity index (χ0) is 16.0. The first-order valence-electron chi connectivity index (χ1n) is 6.91. The Balaban J connectivity index is 1.89. The summed E-state index contributed by atoms with van der Waals surface area (Å²) in [6.45, 7) is 4.11. The van der Waals surface area contributed by atoms with Crippen LogP contribution in [0.5, 0.6) is 0 Å². The number of nitrogens with zero attached hydrogens (tertiary/aromatic N) is 6. The van der Waals surface area contributed by atoms with Gasteiger partial charge >= 0.3 is 0 Å². The van der Waals surface area contributed by atoms with Gasteiger partial charge in [-0.3, -0.25) is 0 Å². The van der Waals surface area contributed by atoms with Crippen molar-refractivity contribution in [2.75, 3.05) is 0 Å². The van der Waals surface area contributed by atoms with Crippen LogP contribution in [0.2, 0.25) is 5.02 Å². The SMILES string of the molecule is Cc1sc2ncnc(-n3nnc(-c4ccccc4Cl)n3)c2c1C. The molecule has 0 N–H and O–H groups in total. The molecule has 114 valence electrons. The van der Waals surface area contributed by atoms with E-state index in [1.54, 1.807) is 17.4 Å². The molecule has 1 aromatic carbocycles. The topological polar surface area (TPSA) is 69.4 Å². The molecule has 0 unspecified atom stereocenters. The van der Waals surface area contributed by atoms with Gasteiger partial charge in [-0.05, 0) is 36.8 Å². The predicted molar refractivity (Wildman–Crippen MR) is 90.0 cm³/mol. The molecule has 0 spiro atoms. The molecule has 6 nitrogen and oxygen atoms in total. The summed E-state index contributed by atoms with van der Waals surface area (Å²) in [6.07, 6.45) is 1.52. The van der Waals surface area contributed by atoms with Gasteiger partial charge in [0, 0.05) is 10.4 Å². The van der Waals surface area contributed by atoms with E-state index in [2.05, 4.69) is 32.3 Å². The normalized spacial score (nSPS) is 11.3. The molecule has 3 aromatic heterocycles. The van der Waals surface area contributed by atoms with Crippen molar-refractivity contribution in [1.29, 1.82) is 0 Å². The van der Waals surface area contributed by atoms with Gasteiger partial charge in [-0.1, -0.05) is 23.7 Å². The highest BCUT2D eigenvalue weighted by Gasteiger charge is 2.17. The van der Waals surface area contributed by atoms with E-state index in [9.17, 15) is 0 Å². The molecule has 0 radical (unpaired) electrons. The van der Waals surface area contributed by atoms with Crippen LogP contribution in [0.4, 0.5) is 0 Å². The van der Waals surface area contributed by atoms with Gasteiger partial charge in [0.2, 0.25) is 5.82 Å². The second-order valence-corrected chi connectivity index (χ2v) is 6.65. The van der Waals surface area contributed by atoms with Gasteiger partial charge in [0.15, 0.2) is 5.82 Å². The lowest BCUT2D eigenvalue weighted by Gasteiger charge is -2.00. The molecule has 3 heterocycles. The van der Waals surface area contributed by atoms with E-state index in [0.717, 1.165) is 21.3 Å². The minimum absolute atomic E-state index is 0.465. The van der Waals surface area contributed by atoms with E-state index in [1.165, 1.54) is 16.0 Å². The minimum atomic E-state index is 0.465. The van der Waals surface area contributed by atoms with Gasteiger partial charge in [-0.2, -0.15) is 0 Å². The number of halogens is 1. The smallest absolute Gasteiger partial charge is 0.206 e. The average molecular weight is 343 g/mol. The van der Waals surface area contributed by atoms with Gasteiger partial charge in [0.1, 0.15) is 11.2 Å². The number of benzene rings is 1. The third kappa shape index (κ3) is 2.29. The summed E-state index contributed by atoms with van der Waals surface area (Å²) in [6, 6.07) is 7.41. The molecule has 0 aliphatic rings. The molecule has 0 saturated heterocycles. The highest BCUT2D eigenvalue weighted by atomic mass is 35.5. The zero-order valence-electron chi connectivity index (χ0n) is 12.4. The van der Waals surface area contributed by atoms with E-state index < -0.39 is 0 Å². The Bertz CT molecular complexity index is 1020. The summed E-state index contributed by atoms with van der Waals surface area (Å²) < 4.78 is 0. The number of aromatic nitrogens is 6. The standard InChI is InChI=1S/C15H11ClN6S/c1-8-9(2)23-15-12(8)14(17-7-18-15)22-20-13(19-21-22)10-5-3-4-6-11(10)16/h3-7H,1-2H3. The molecule has 0 fully saturated rings. The Kier molecular flexibility index (Phi) is 3.32. The van der Waals surface area contributed by atoms with Gasteiger partial charge in [-0.25, -0.2) is 9.97 Å². The zero-order valence-corrected chi connectivity index (χ0v) is 13.9. The van der Waals surface area contributed by atoms with E-state index in [1.807, 2.05) is 25.1 Å². The highest BCUT2D eigenvalue weighted by molar-refractivity contribution is 7.18. The third-order valence-electron chi connectivity index (χ3n) is 3.66. The maximum absolute atomic E-state index is 6.20. The van der Waals surface area contributed by atoms with Crippen molar-refractivity contribution >= 4 is 33.2 Å². The molecule has 8 heteroatoms. The lowest BCUT2D eigenvalue weighted by molar-refractivity contribution is 0.704. The van der Waals surface area contributed by atoms with Crippen LogP contribution < -0.4 is 0 Å². The van der Waals surface area contributed by atoms with Gasteiger partial charge in [0.05, 0.1) is 10.4 Å². The Morgan fingerprint density at radius 1 is 1.13 bits per heavy atom. The first-order valence-corrected chi connectivity index (χ1v) is 8.10. The summed E-state index contributed by atoms with van der Waals surface area (Å²) in [7, 11) is 0. The summed E-state index contributed by atoms with van der Waals surface area (Å²) in [4.78, 5) is 12.2. The van der Waals surface area contributed by atoms with Crippen molar-refractivity contribution in [3.8, 4) is 17.2 Å². The number of hydrogen-bond donors (Lipinski definition) is 0. The Morgan fingerprint density at radius 3 is 2.78 bits per heavy atom. The second kappa shape index (κ2) is 5.36. The molecule has 0 saturated carbocycles. The molecule has 0 aliphatic carbocycles. The van der Waals surface area contributed by atoms with Gasteiger partial charge in [-0.15, -0.1) is 26.3 Å². The maximum atomic E-state index is 6.20. The Morgan fingerprint density at radius 2 is 1.96 bits per heavy atom. The van der Waals surface area contributed by atoms with Crippen molar-refractivity contribution in [2.24, 2.45) is 0 Å². The highest BCUT2D eigenvalue weighted by Crippen LogP contribution is 2.31. The summed E-state index contributed by atoms with van der Waals surface area (Å²) in [5.41, 5.74) is 1.88. The van der Waals surface area contributed by atoms with Crippen LogP contribution in [0.3, 0.4) is 0 Å². The van der Waals surface area contributed by atoms with Crippen molar-refractivity contribution in [3.63, 3.8) is 0 Å². The molecule has 0 amide bonds. The van der Waals surface area contributed by atoms with Crippen LogP contribution in [-0.4, -0.2) is 30.2 Å². The lowest BCUT2D eigenvalue weighted by Crippen LogP contribution is -2.03. The number of thiophene rings is 1. The molecular weight excluding hydrogens is 332 g/mol. The first-order chi connectivity index (χ1) is 11.1. The molecular formula is C15H11ClN6S. The second-order valence-electron chi connectivity index (χ2n) is 5.04. The molecule has 23 heavy (non-hydrogen) atoms. The maximum Gasteiger partial charge on any atom is 0.206 e. The van der Waals surface area contributed by atoms with Crippen molar-refractivity contribution in [1.82, 2.24) is 30.2 Å². The lowest BCUT2D eigenvalue weighted by atomic mass is 10.2. The summed E-state index contributed by atoms with van der Waals surface area (Å²) in [5, 5.41) is 14.2. The van der Waals surface area contributed by atoms with E-state index in [-0.39, 0.29) is 0 Å². The fourth-order valence-corrected chi connectivity index (χ4v) is 3.58. The van der Waals surface area contributed by atoms with Crippen LogP contribution in [-0.2, 0) is 0 Å². The third-order valence-corrected chi connectivity index (χ3v) is 5.11. The first kappa shape index (κ1) is 14.2. The van der Waals surface area contributed by atoms with Gasteiger partial charge < -0.3 is 0 Å². The Labute approximate surface area is 140 Å². The van der Waals surface area contributed by atoms with Crippen LogP contribution in [0.1, 0.15) is 10.4 Å². The molecule has 4 rings (SSSR count). The van der Waals surface area contributed by atoms with Crippen molar-refractivity contribution in [3.05, 3.63) is 46.1 Å². The van der Waals surface area contributed by atoms with Crippen LogP contribution >= 0.6 is 22.9 Å². The van der Waals surface area contributed by atoms with Gasteiger partial charge in [0.25, 0.3) is 0 Å². The molecule has 0 bridgehead atoms. The average Bonchev–Trinajstić information content (AvgIpc) is 3.14. The number of rotatable bonds is 2. The molecule has 0 atom stereocenters. The monoisotopic (exact) mass is 342 g/mol. The summed E-state index contributed by atoms with van der Waals surface area (Å²) >= 11 is 7.83. The van der Waals surface area contributed by atoms with Crippen molar-refractivity contribution < 1.29 is 0 Å². The summed E-state index contributed by atoms with van der Waals surface area (Å²) in [5.74, 6) is 1.09. The fourth-order valence-electron chi connectivity index (χ4n) is 2.37. The molecule has 0 aliphatic heterocycles.